The van der Waals surface area contributed by atoms with Gasteiger partial charge in [-0.15, -0.1) is 0 Å². The van der Waals surface area contributed by atoms with E-state index in [4.69, 9.17) is 7.85 Å². The molecule has 0 saturated carbocycles. The summed E-state index contributed by atoms with van der Waals surface area (Å²) in [6, 6.07) is 0. The van der Waals surface area contributed by atoms with E-state index in [0.717, 1.165) is 0 Å². The summed E-state index contributed by atoms with van der Waals surface area (Å²) in [5.74, 6) is -1.29. The first-order valence-corrected chi connectivity index (χ1v) is 2.83. The molecule has 5 heteroatoms. The summed E-state index contributed by atoms with van der Waals surface area (Å²) in [4.78, 5) is 0. The highest BCUT2D eigenvalue weighted by Gasteiger charge is 2.05. The van der Waals surface area contributed by atoms with Crippen molar-refractivity contribution in [3.63, 3.8) is 0 Å². The van der Waals surface area contributed by atoms with E-state index in [2.05, 4.69) is 0 Å². The smallest absolute Gasteiger partial charge is 0.211 e. The Bertz CT molecular complexity index is 209. The van der Waals surface area contributed by atoms with Crippen molar-refractivity contribution in [2.75, 3.05) is 0 Å². The molecule has 1 rings (SSSR count). The Labute approximate surface area is 54.7 Å². The Hall–Kier alpha value is -0.445. The van der Waals surface area contributed by atoms with Gasteiger partial charge in [-0.2, -0.15) is 8.78 Å². The molecule has 0 spiro atoms. The van der Waals surface area contributed by atoms with Gasteiger partial charge in [-0.1, -0.05) is 11.3 Å². The van der Waals surface area contributed by atoms with Crippen LogP contribution in [0.1, 0.15) is 0 Å². The van der Waals surface area contributed by atoms with Crippen molar-refractivity contribution >= 4 is 24.6 Å². The van der Waals surface area contributed by atoms with Crippen LogP contribution in [0.2, 0.25) is 0 Å². The zero-order valence-corrected chi connectivity index (χ0v) is 4.94. The molecule has 0 nitrogen and oxygen atoms in total. The first kappa shape index (κ1) is 6.67. The van der Waals surface area contributed by atoms with Gasteiger partial charge in [-0.3, -0.25) is 0 Å². The molecule has 0 aliphatic rings. The second kappa shape index (κ2) is 2.06. The molecule has 0 aliphatic heterocycles. The first-order chi connectivity index (χ1) is 4.13. The molecule has 3 radical (unpaired) electrons. The molecular weight excluding hydrogens is 148 g/mol. The highest BCUT2D eigenvalue weighted by atomic mass is 32.1. The summed E-state index contributed by atoms with van der Waals surface area (Å²) in [7, 11) is 4.72. The molecule has 1 aromatic heterocycles. The minimum absolute atomic E-state index is 0.0625. The van der Waals surface area contributed by atoms with E-state index in [-0.39, 0.29) is 11.3 Å². The first-order valence-electron chi connectivity index (χ1n) is 2.01. The Morgan fingerprint density at radius 1 is 1.11 bits per heavy atom. The molecule has 0 bridgehead atoms. The van der Waals surface area contributed by atoms with Crippen LogP contribution in [0.15, 0.2) is 0 Å². The Morgan fingerprint density at radius 3 is 1.78 bits per heavy atom. The van der Waals surface area contributed by atoms with Gasteiger partial charge in [0.15, 0.2) is 0 Å². The van der Waals surface area contributed by atoms with E-state index >= 15 is 0 Å². The molecule has 0 saturated heterocycles. The van der Waals surface area contributed by atoms with Crippen LogP contribution in [-0.4, -0.2) is 7.85 Å². The zero-order valence-electron chi connectivity index (χ0n) is 4.12. The van der Waals surface area contributed by atoms with Crippen molar-refractivity contribution in [3.8, 4) is 0 Å². The quantitative estimate of drug-likeness (QED) is 0.480. The fourth-order valence-corrected chi connectivity index (χ4v) is 0.927. The molecular formula is C4BF3S-. The second-order valence-corrected chi connectivity index (χ2v) is 2.30. The summed E-state index contributed by atoms with van der Waals surface area (Å²) >= 11 is 0.0625. The highest BCUT2D eigenvalue weighted by molar-refractivity contribution is 7.09. The number of rotatable bonds is 0. The normalized spacial score (nSPS) is 10.2. The highest BCUT2D eigenvalue weighted by Crippen LogP contribution is 2.13. The van der Waals surface area contributed by atoms with Gasteiger partial charge in [0.25, 0.3) is 0 Å². The van der Waals surface area contributed by atoms with Crippen molar-refractivity contribution in [1.29, 1.82) is 0 Å². The predicted octanol–water partition coefficient (Wildman–Crippen LogP) is 0.959. The van der Waals surface area contributed by atoms with Crippen LogP contribution in [0, 0.1) is 16.1 Å². The largest absolute Gasteiger partial charge is 0.571 e. The minimum Gasteiger partial charge on any atom is -0.571 e. The molecule has 0 aliphatic carbocycles. The van der Waals surface area contributed by atoms with Gasteiger partial charge in [-0.25, -0.2) is 9.85 Å². The van der Waals surface area contributed by atoms with E-state index in [1.165, 1.54) is 0 Å². The van der Waals surface area contributed by atoms with Crippen LogP contribution in [0.4, 0.5) is 13.2 Å². The zero-order chi connectivity index (χ0) is 7.02. The Morgan fingerprint density at radius 2 is 1.67 bits per heavy atom. The van der Waals surface area contributed by atoms with Gasteiger partial charge in [0.05, 0.1) is 0 Å². The van der Waals surface area contributed by atoms with Crippen LogP contribution < -0.4 is 5.46 Å². The molecule has 47 valence electrons. The fourth-order valence-electron chi connectivity index (χ4n) is 0.371. The average Bonchev–Trinajstić information content (AvgIpc) is 1.98. The molecule has 9 heavy (non-hydrogen) atoms. The van der Waals surface area contributed by atoms with Crippen LogP contribution in [0.5, 0.6) is 0 Å². The van der Waals surface area contributed by atoms with Crippen molar-refractivity contribution in [3.05, 3.63) is 16.1 Å². The van der Waals surface area contributed by atoms with E-state index < -0.39 is 21.5 Å². The van der Waals surface area contributed by atoms with Crippen LogP contribution in [0.3, 0.4) is 0 Å². The Kier molecular flexibility index (Phi) is 1.53. The number of hydrogen-bond donors (Lipinski definition) is 0. The summed E-state index contributed by atoms with van der Waals surface area (Å²) in [6.45, 7) is 0. The molecule has 0 aromatic carbocycles. The molecule has 0 amide bonds. The SMILES string of the molecule is [B-]c1c(F)sc(F)c1F. The summed E-state index contributed by atoms with van der Waals surface area (Å²) < 4.78 is 36.0. The average molecular weight is 148 g/mol. The molecule has 1 heterocycles. The summed E-state index contributed by atoms with van der Waals surface area (Å²) in [5.41, 5.74) is -0.738. The third kappa shape index (κ3) is 0.964. The molecule has 0 atom stereocenters. The lowest BCUT2D eigenvalue weighted by atomic mass is 10.00. The maximum Gasteiger partial charge on any atom is 0.211 e. The van der Waals surface area contributed by atoms with Crippen molar-refractivity contribution in [2.24, 2.45) is 0 Å². The van der Waals surface area contributed by atoms with Crippen molar-refractivity contribution < 1.29 is 13.2 Å². The molecule has 0 unspecified atom stereocenters. The van der Waals surface area contributed by atoms with Gasteiger partial charge in [-0.05, 0) is 0 Å². The van der Waals surface area contributed by atoms with Crippen molar-refractivity contribution in [2.45, 2.75) is 0 Å². The van der Waals surface area contributed by atoms with Crippen molar-refractivity contribution in [1.82, 2.24) is 0 Å². The summed E-state index contributed by atoms with van der Waals surface area (Å²) in [5, 5.41) is -2.21. The maximum atomic E-state index is 12.0. The Balaban J connectivity index is 3.29. The third-order valence-corrected chi connectivity index (χ3v) is 1.56. The predicted molar refractivity (Wildman–Crippen MR) is 29.6 cm³/mol. The van der Waals surface area contributed by atoms with Gasteiger partial charge in [0.2, 0.25) is 5.13 Å². The minimum atomic E-state index is -1.29. The molecule has 1 aromatic rings. The lowest BCUT2D eigenvalue weighted by Crippen LogP contribution is -2.07. The third-order valence-electron chi connectivity index (χ3n) is 0.800. The van der Waals surface area contributed by atoms with Crippen LogP contribution in [-0.2, 0) is 0 Å². The maximum absolute atomic E-state index is 12.0. The van der Waals surface area contributed by atoms with E-state index in [9.17, 15) is 13.2 Å². The second-order valence-electron chi connectivity index (χ2n) is 1.38. The monoisotopic (exact) mass is 148 g/mol. The topological polar surface area (TPSA) is 0 Å². The van der Waals surface area contributed by atoms with Gasteiger partial charge >= 0.3 is 0 Å². The van der Waals surface area contributed by atoms with Gasteiger partial charge < -0.3 is 7.85 Å². The summed E-state index contributed by atoms with van der Waals surface area (Å²) in [6.07, 6.45) is 0. The van der Waals surface area contributed by atoms with E-state index in [0.29, 0.717) is 0 Å². The van der Waals surface area contributed by atoms with E-state index in [1.54, 1.807) is 0 Å². The standard InChI is InChI=1S/C4BF3S/c5-1-2(6)4(8)9-3(1)7/q-1. The van der Waals surface area contributed by atoms with E-state index in [1.807, 2.05) is 0 Å². The molecule has 0 N–H and O–H groups in total. The number of hydrogen-bond acceptors (Lipinski definition) is 1. The van der Waals surface area contributed by atoms with Crippen LogP contribution in [0.25, 0.3) is 0 Å². The van der Waals surface area contributed by atoms with Gasteiger partial charge in [0.1, 0.15) is 10.9 Å². The number of thiophene rings is 1. The molecule has 0 fully saturated rings. The van der Waals surface area contributed by atoms with Gasteiger partial charge in [0, 0.05) is 0 Å². The fraction of sp³-hybridized carbons (Fsp3) is 0. The lowest BCUT2D eigenvalue weighted by Gasteiger charge is -1.98. The lowest BCUT2D eigenvalue weighted by molar-refractivity contribution is 0.534. The van der Waals surface area contributed by atoms with Crippen LogP contribution >= 0.6 is 11.3 Å². The number of halogens is 3.